The van der Waals surface area contributed by atoms with Gasteiger partial charge in [-0.2, -0.15) is 0 Å². The molecule has 0 fully saturated rings. The van der Waals surface area contributed by atoms with Gasteiger partial charge in [-0.3, -0.25) is 0 Å². The molecule has 0 aromatic heterocycles. The number of aryl methyl sites for hydroxylation is 1. The lowest BCUT2D eigenvalue weighted by Gasteiger charge is -2.11. The molecule has 2 aromatic carbocycles. The molecular weight excluding hydrogens is 279 g/mol. The number of ether oxygens (including phenoxy) is 1. The van der Waals surface area contributed by atoms with Crippen LogP contribution in [0.3, 0.4) is 0 Å². The third-order valence-electron chi connectivity index (χ3n) is 3.04. The summed E-state index contributed by atoms with van der Waals surface area (Å²) in [4.78, 5) is 0. The SMILES string of the molecule is CCc1ccc(COc2cccc(Cl)c2CCl)cc1. The Bertz CT molecular complexity index is 535. The lowest BCUT2D eigenvalue weighted by atomic mass is 10.1. The molecule has 0 radical (unpaired) electrons. The molecular formula is C16H16Cl2O. The van der Waals surface area contributed by atoms with Crippen molar-refractivity contribution in [3.8, 4) is 5.75 Å². The molecule has 2 rings (SSSR count). The fraction of sp³-hybridized carbons (Fsp3) is 0.250. The second-order valence-corrected chi connectivity index (χ2v) is 4.98. The van der Waals surface area contributed by atoms with Gasteiger partial charge in [0.25, 0.3) is 0 Å². The average molecular weight is 295 g/mol. The topological polar surface area (TPSA) is 9.23 Å². The molecule has 0 aliphatic carbocycles. The number of hydrogen-bond donors (Lipinski definition) is 0. The van der Waals surface area contributed by atoms with Crippen molar-refractivity contribution in [1.82, 2.24) is 0 Å². The van der Waals surface area contributed by atoms with Gasteiger partial charge in [-0.05, 0) is 29.7 Å². The zero-order chi connectivity index (χ0) is 13.7. The van der Waals surface area contributed by atoms with Crippen molar-refractivity contribution in [2.45, 2.75) is 25.8 Å². The fourth-order valence-electron chi connectivity index (χ4n) is 1.84. The van der Waals surface area contributed by atoms with E-state index >= 15 is 0 Å². The van der Waals surface area contributed by atoms with Gasteiger partial charge in [-0.15, -0.1) is 11.6 Å². The molecule has 0 unspecified atom stereocenters. The average Bonchev–Trinajstić information content (AvgIpc) is 2.45. The van der Waals surface area contributed by atoms with Gasteiger partial charge in [0.2, 0.25) is 0 Å². The number of halogens is 2. The first kappa shape index (κ1) is 14.2. The zero-order valence-corrected chi connectivity index (χ0v) is 12.3. The van der Waals surface area contributed by atoms with E-state index in [0.717, 1.165) is 23.3 Å². The third kappa shape index (κ3) is 3.65. The first-order chi connectivity index (χ1) is 9.24. The maximum atomic E-state index is 6.09. The van der Waals surface area contributed by atoms with E-state index in [1.54, 1.807) is 0 Å². The van der Waals surface area contributed by atoms with Gasteiger partial charge in [-0.1, -0.05) is 48.9 Å². The lowest BCUT2D eigenvalue weighted by Crippen LogP contribution is -1.98. The smallest absolute Gasteiger partial charge is 0.125 e. The highest BCUT2D eigenvalue weighted by Gasteiger charge is 2.07. The molecule has 2 aromatic rings. The normalized spacial score (nSPS) is 10.5. The van der Waals surface area contributed by atoms with E-state index in [9.17, 15) is 0 Å². The Kier molecular flexibility index (Phi) is 5.12. The Morgan fingerprint density at radius 2 is 1.68 bits per heavy atom. The molecule has 0 saturated carbocycles. The predicted octanol–water partition coefficient (Wildman–Crippen LogP) is 5.22. The summed E-state index contributed by atoms with van der Waals surface area (Å²) in [5.74, 6) is 1.10. The number of hydrogen-bond acceptors (Lipinski definition) is 1. The Morgan fingerprint density at radius 1 is 1.00 bits per heavy atom. The Labute approximate surface area is 124 Å². The van der Waals surface area contributed by atoms with E-state index in [-0.39, 0.29) is 0 Å². The van der Waals surface area contributed by atoms with E-state index in [1.807, 2.05) is 18.2 Å². The van der Waals surface area contributed by atoms with Crippen LogP contribution in [-0.2, 0) is 18.9 Å². The highest BCUT2D eigenvalue weighted by molar-refractivity contribution is 6.32. The summed E-state index contributed by atoms with van der Waals surface area (Å²) in [5, 5.41) is 0.647. The minimum Gasteiger partial charge on any atom is -0.489 e. The maximum Gasteiger partial charge on any atom is 0.125 e. The molecule has 0 atom stereocenters. The van der Waals surface area contributed by atoms with Gasteiger partial charge in [0.05, 0.1) is 5.88 Å². The molecule has 0 amide bonds. The molecule has 1 nitrogen and oxygen atoms in total. The van der Waals surface area contributed by atoms with E-state index in [0.29, 0.717) is 17.5 Å². The molecule has 100 valence electrons. The monoisotopic (exact) mass is 294 g/mol. The molecule has 19 heavy (non-hydrogen) atoms. The number of alkyl halides is 1. The minimum absolute atomic E-state index is 0.351. The summed E-state index contributed by atoms with van der Waals surface area (Å²) in [6.07, 6.45) is 1.05. The maximum absolute atomic E-state index is 6.09. The van der Waals surface area contributed by atoms with Gasteiger partial charge in [0.1, 0.15) is 12.4 Å². The van der Waals surface area contributed by atoms with E-state index in [2.05, 4.69) is 31.2 Å². The van der Waals surface area contributed by atoms with Crippen molar-refractivity contribution in [1.29, 1.82) is 0 Å². The molecule has 0 spiro atoms. The Morgan fingerprint density at radius 3 is 2.32 bits per heavy atom. The predicted molar refractivity (Wildman–Crippen MR) is 81.2 cm³/mol. The van der Waals surface area contributed by atoms with Gasteiger partial charge < -0.3 is 4.74 Å². The summed E-state index contributed by atoms with van der Waals surface area (Å²) in [6.45, 7) is 2.67. The third-order valence-corrected chi connectivity index (χ3v) is 3.66. The van der Waals surface area contributed by atoms with Gasteiger partial charge in [-0.25, -0.2) is 0 Å². The summed E-state index contributed by atoms with van der Waals surface area (Å²) in [7, 11) is 0. The molecule has 0 aliphatic heterocycles. The highest BCUT2D eigenvalue weighted by atomic mass is 35.5. The Balaban J connectivity index is 2.07. The summed E-state index contributed by atoms with van der Waals surface area (Å²) >= 11 is 12.0. The summed E-state index contributed by atoms with van der Waals surface area (Å²) in [5.41, 5.74) is 3.31. The van der Waals surface area contributed by atoms with E-state index in [1.165, 1.54) is 5.56 Å². The van der Waals surface area contributed by atoms with E-state index in [4.69, 9.17) is 27.9 Å². The van der Waals surface area contributed by atoms with Crippen LogP contribution in [0.2, 0.25) is 5.02 Å². The standard InChI is InChI=1S/C16H16Cl2O/c1-2-12-6-8-13(9-7-12)11-19-16-5-3-4-15(18)14(16)10-17/h3-9H,2,10-11H2,1H3. The van der Waals surface area contributed by atoms with Crippen LogP contribution >= 0.6 is 23.2 Å². The summed E-state index contributed by atoms with van der Waals surface area (Å²) in [6, 6.07) is 14.0. The highest BCUT2D eigenvalue weighted by Crippen LogP contribution is 2.28. The van der Waals surface area contributed by atoms with Gasteiger partial charge >= 0.3 is 0 Å². The van der Waals surface area contributed by atoms with Crippen LogP contribution in [0.25, 0.3) is 0 Å². The second kappa shape index (κ2) is 6.83. The van der Waals surface area contributed by atoms with Crippen LogP contribution in [0.1, 0.15) is 23.6 Å². The number of benzene rings is 2. The minimum atomic E-state index is 0.351. The Hall–Kier alpha value is -1.18. The molecule has 0 aliphatic rings. The van der Waals surface area contributed by atoms with Gasteiger partial charge in [0.15, 0.2) is 0 Å². The largest absolute Gasteiger partial charge is 0.489 e. The first-order valence-electron chi connectivity index (χ1n) is 6.28. The van der Waals surface area contributed by atoms with Crippen LogP contribution in [0.4, 0.5) is 0 Å². The van der Waals surface area contributed by atoms with Crippen LogP contribution < -0.4 is 4.74 Å². The number of rotatable bonds is 5. The molecule has 0 N–H and O–H groups in total. The second-order valence-electron chi connectivity index (χ2n) is 4.31. The van der Waals surface area contributed by atoms with Gasteiger partial charge in [0, 0.05) is 10.6 Å². The zero-order valence-electron chi connectivity index (χ0n) is 10.8. The van der Waals surface area contributed by atoms with Crippen molar-refractivity contribution in [3.63, 3.8) is 0 Å². The van der Waals surface area contributed by atoms with Crippen molar-refractivity contribution in [2.24, 2.45) is 0 Å². The molecule has 3 heteroatoms. The van der Waals surface area contributed by atoms with Crippen LogP contribution in [0.5, 0.6) is 5.75 Å². The fourth-order valence-corrected chi connectivity index (χ4v) is 2.41. The van der Waals surface area contributed by atoms with Crippen molar-refractivity contribution in [3.05, 3.63) is 64.2 Å². The van der Waals surface area contributed by atoms with Crippen molar-refractivity contribution >= 4 is 23.2 Å². The lowest BCUT2D eigenvalue weighted by molar-refractivity contribution is 0.304. The summed E-state index contributed by atoms with van der Waals surface area (Å²) < 4.78 is 5.80. The first-order valence-corrected chi connectivity index (χ1v) is 7.19. The molecule has 0 bridgehead atoms. The molecule has 0 heterocycles. The van der Waals surface area contributed by atoms with Crippen LogP contribution in [-0.4, -0.2) is 0 Å². The van der Waals surface area contributed by atoms with Crippen LogP contribution in [0.15, 0.2) is 42.5 Å². The van der Waals surface area contributed by atoms with Crippen molar-refractivity contribution < 1.29 is 4.74 Å². The van der Waals surface area contributed by atoms with E-state index < -0.39 is 0 Å². The van der Waals surface area contributed by atoms with Crippen LogP contribution in [0, 0.1) is 0 Å². The molecule has 0 saturated heterocycles. The quantitative estimate of drug-likeness (QED) is 0.687. The van der Waals surface area contributed by atoms with Crippen molar-refractivity contribution in [2.75, 3.05) is 0 Å².